The van der Waals surface area contributed by atoms with E-state index in [1.807, 2.05) is 48.5 Å². The Bertz CT molecular complexity index is 858. The van der Waals surface area contributed by atoms with E-state index < -0.39 is 7.26 Å². The monoisotopic (exact) mass is 400 g/mol. The molecule has 0 heterocycles. The number of hydrogen-bond donors (Lipinski definition) is 0. The quantitative estimate of drug-likeness (QED) is 0.460. The summed E-state index contributed by atoms with van der Waals surface area (Å²) < 4.78 is 10.6. The van der Waals surface area contributed by atoms with E-state index >= 15 is 0 Å². The maximum atomic E-state index is 12.6. The SMILES string of the molecule is COC(=O)c1c(OC)cccc1[P+](C)(c1ccccc1)c1ccccc1.[Cl-]. The van der Waals surface area contributed by atoms with E-state index in [4.69, 9.17) is 9.47 Å². The average molecular weight is 401 g/mol. The molecule has 3 aromatic rings. The van der Waals surface area contributed by atoms with E-state index in [-0.39, 0.29) is 18.4 Å². The number of benzene rings is 3. The van der Waals surface area contributed by atoms with Crippen LogP contribution in [0.5, 0.6) is 5.75 Å². The van der Waals surface area contributed by atoms with Crippen molar-refractivity contribution in [3.63, 3.8) is 0 Å². The maximum absolute atomic E-state index is 12.6. The number of carbonyl (C=O) groups is 1. The van der Waals surface area contributed by atoms with Gasteiger partial charge in [0.2, 0.25) is 0 Å². The van der Waals surface area contributed by atoms with Crippen LogP contribution >= 0.6 is 7.26 Å². The summed E-state index contributed by atoms with van der Waals surface area (Å²) in [4.78, 5) is 12.6. The molecule has 27 heavy (non-hydrogen) atoms. The second-order valence-corrected chi connectivity index (χ2v) is 9.55. The van der Waals surface area contributed by atoms with Crippen molar-refractivity contribution in [2.24, 2.45) is 0 Å². The van der Waals surface area contributed by atoms with Crippen LogP contribution in [0, 0.1) is 0 Å². The zero-order valence-electron chi connectivity index (χ0n) is 15.6. The Hall–Kier alpha value is -2.35. The molecule has 0 atom stereocenters. The van der Waals surface area contributed by atoms with Crippen LogP contribution in [0.25, 0.3) is 0 Å². The molecule has 0 saturated carbocycles. The first kappa shape index (κ1) is 21.0. The van der Waals surface area contributed by atoms with E-state index in [0.29, 0.717) is 11.3 Å². The van der Waals surface area contributed by atoms with Gasteiger partial charge in [-0.3, -0.25) is 0 Å². The minimum atomic E-state index is -2.05. The summed E-state index contributed by atoms with van der Waals surface area (Å²) >= 11 is 0. The van der Waals surface area contributed by atoms with E-state index in [0.717, 1.165) is 5.30 Å². The van der Waals surface area contributed by atoms with Crippen molar-refractivity contribution >= 4 is 29.1 Å². The maximum Gasteiger partial charge on any atom is 0.345 e. The van der Waals surface area contributed by atoms with E-state index in [1.165, 1.54) is 17.7 Å². The highest BCUT2D eigenvalue weighted by molar-refractivity contribution is 7.95. The van der Waals surface area contributed by atoms with Crippen LogP contribution in [-0.2, 0) is 4.74 Å². The van der Waals surface area contributed by atoms with Crippen LogP contribution in [0.2, 0.25) is 0 Å². The number of carbonyl (C=O) groups excluding carboxylic acids is 1. The Morgan fingerprint density at radius 2 is 1.30 bits per heavy atom. The highest BCUT2D eigenvalue weighted by atomic mass is 35.5. The van der Waals surface area contributed by atoms with Gasteiger partial charge in [-0.05, 0) is 36.4 Å². The standard InChI is InChI=1S/C22H22O3P.ClH/c1-24-19-15-10-16-20(21(19)22(23)25-2)26(3,17-11-6-4-7-12-17)18-13-8-5-9-14-18;/h4-16H,1-3H3;1H/q+1;/p-1. The van der Waals surface area contributed by atoms with Gasteiger partial charge in [-0.1, -0.05) is 42.5 Å². The number of ether oxygens (including phenoxy) is 2. The second kappa shape index (κ2) is 9.03. The zero-order valence-corrected chi connectivity index (χ0v) is 17.2. The first-order chi connectivity index (χ1) is 12.6. The summed E-state index contributed by atoms with van der Waals surface area (Å²) in [5, 5.41) is 3.36. The highest BCUT2D eigenvalue weighted by Gasteiger charge is 2.44. The number of hydrogen-bond acceptors (Lipinski definition) is 3. The van der Waals surface area contributed by atoms with Crippen LogP contribution in [0.1, 0.15) is 10.4 Å². The van der Waals surface area contributed by atoms with Gasteiger partial charge in [0.05, 0.1) is 20.9 Å². The van der Waals surface area contributed by atoms with Crippen molar-refractivity contribution in [2.75, 3.05) is 20.9 Å². The van der Waals surface area contributed by atoms with Crippen LogP contribution in [0.3, 0.4) is 0 Å². The lowest BCUT2D eigenvalue weighted by Crippen LogP contribution is -3.00. The van der Waals surface area contributed by atoms with E-state index in [9.17, 15) is 4.79 Å². The first-order valence-electron chi connectivity index (χ1n) is 8.36. The third-order valence-electron chi connectivity index (χ3n) is 4.64. The molecule has 0 spiro atoms. The lowest BCUT2D eigenvalue weighted by Gasteiger charge is -2.25. The Labute approximate surface area is 167 Å². The Morgan fingerprint density at radius 3 is 1.74 bits per heavy atom. The summed E-state index contributed by atoms with van der Waals surface area (Å²) in [6.07, 6.45) is 0. The molecule has 3 rings (SSSR count). The van der Waals surface area contributed by atoms with Gasteiger partial charge in [0.15, 0.2) is 0 Å². The number of methoxy groups -OCH3 is 2. The number of esters is 1. The van der Waals surface area contributed by atoms with Crippen molar-refractivity contribution in [2.45, 2.75) is 0 Å². The van der Waals surface area contributed by atoms with E-state index in [1.54, 1.807) is 13.2 Å². The second-order valence-electron chi connectivity index (χ2n) is 6.02. The molecular formula is C22H22ClO3P. The molecule has 0 bridgehead atoms. The lowest BCUT2D eigenvalue weighted by atomic mass is 10.2. The molecule has 0 aliphatic rings. The van der Waals surface area contributed by atoms with Gasteiger partial charge < -0.3 is 21.9 Å². The fourth-order valence-electron chi connectivity index (χ4n) is 3.25. The smallest absolute Gasteiger partial charge is 0.345 e. The molecule has 0 unspecified atom stereocenters. The van der Waals surface area contributed by atoms with Crippen molar-refractivity contribution in [3.8, 4) is 5.75 Å². The van der Waals surface area contributed by atoms with Gasteiger partial charge >= 0.3 is 5.97 Å². The summed E-state index contributed by atoms with van der Waals surface area (Å²) in [7, 11) is 0.926. The Balaban J connectivity index is 0.00000261. The summed E-state index contributed by atoms with van der Waals surface area (Å²) in [5.41, 5.74) is 0.501. The predicted octanol–water partition coefficient (Wildman–Crippen LogP) is 0.410. The highest BCUT2D eigenvalue weighted by Crippen LogP contribution is 2.53. The fraction of sp³-hybridized carbons (Fsp3) is 0.136. The molecular weight excluding hydrogens is 379 g/mol. The summed E-state index contributed by atoms with van der Waals surface area (Å²) in [6.45, 7) is 2.24. The normalized spacial score (nSPS) is 10.6. The molecule has 3 aromatic carbocycles. The van der Waals surface area contributed by atoms with Crippen molar-refractivity contribution < 1.29 is 26.7 Å². The fourth-order valence-corrected chi connectivity index (χ4v) is 6.67. The topological polar surface area (TPSA) is 35.5 Å². The Kier molecular flexibility index (Phi) is 7.01. The molecule has 0 fully saturated rings. The third kappa shape index (κ3) is 3.85. The zero-order chi connectivity index (χ0) is 18.6. The molecule has 140 valence electrons. The molecule has 0 amide bonds. The first-order valence-corrected chi connectivity index (χ1v) is 10.6. The van der Waals surface area contributed by atoms with Gasteiger partial charge in [0.1, 0.15) is 34.5 Å². The van der Waals surface area contributed by atoms with Crippen molar-refractivity contribution in [3.05, 3.63) is 84.4 Å². The molecule has 5 heteroatoms. The number of halogens is 1. The van der Waals surface area contributed by atoms with Gasteiger partial charge in [-0.15, -0.1) is 0 Å². The van der Waals surface area contributed by atoms with E-state index in [2.05, 4.69) is 30.9 Å². The van der Waals surface area contributed by atoms with Crippen molar-refractivity contribution in [1.82, 2.24) is 0 Å². The van der Waals surface area contributed by atoms with Gasteiger partial charge in [-0.2, -0.15) is 0 Å². The Morgan fingerprint density at radius 1 is 0.778 bits per heavy atom. The number of rotatable bonds is 5. The predicted molar refractivity (Wildman–Crippen MR) is 109 cm³/mol. The average Bonchev–Trinajstić information content (AvgIpc) is 2.73. The molecule has 0 radical (unpaired) electrons. The van der Waals surface area contributed by atoms with Gasteiger partial charge in [-0.25, -0.2) is 4.79 Å². The molecule has 0 aromatic heterocycles. The minimum Gasteiger partial charge on any atom is -1.00 e. The molecule has 0 aliphatic carbocycles. The largest absolute Gasteiger partial charge is 1.00 e. The summed E-state index contributed by atoms with van der Waals surface area (Å²) in [6, 6.07) is 26.4. The molecule has 0 aliphatic heterocycles. The minimum absolute atomic E-state index is 0. The summed E-state index contributed by atoms with van der Waals surface area (Å²) in [5.74, 6) is 0.156. The van der Waals surface area contributed by atoms with Gasteiger partial charge in [0, 0.05) is 0 Å². The van der Waals surface area contributed by atoms with Crippen LogP contribution < -0.4 is 33.1 Å². The molecule has 3 nitrogen and oxygen atoms in total. The molecule has 0 saturated heterocycles. The third-order valence-corrected chi connectivity index (χ3v) is 8.64. The lowest BCUT2D eigenvalue weighted by molar-refractivity contribution is -0.0000206. The molecule has 0 N–H and O–H groups in total. The van der Waals surface area contributed by atoms with Crippen molar-refractivity contribution in [1.29, 1.82) is 0 Å². The van der Waals surface area contributed by atoms with Crippen LogP contribution in [0.4, 0.5) is 0 Å². The van der Waals surface area contributed by atoms with Gasteiger partial charge in [0.25, 0.3) is 0 Å². The van der Waals surface area contributed by atoms with Crippen LogP contribution in [-0.4, -0.2) is 26.9 Å². The van der Waals surface area contributed by atoms with Crippen LogP contribution in [0.15, 0.2) is 78.9 Å².